The van der Waals surface area contributed by atoms with Gasteiger partial charge in [0.1, 0.15) is 0 Å². The van der Waals surface area contributed by atoms with Gasteiger partial charge in [-0.3, -0.25) is 0 Å². The molecule has 0 fully saturated rings. The van der Waals surface area contributed by atoms with E-state index in [9.17, 15) is 0 Å². The van der Waals surface area contributed by atoms with E-state index in [2.05, 4.69) is 163 Å². The third kappa shape index (κ3) is 3.48. The van der Waals surface area contributed by atoms with E-state index in [1.165, 1.54) is 44.5 Å². The average molecular weight is 486 g/mol. The van der Waals surface area contributed by atoms with Crippen LogP contribution < -0.4 is 5.32 Å². The Balaban J connectivity index is 1.48. The average Bonchev–Trinajstić information content (AvgIpc) is 3.31. The van der Waals surface area contributed by atoms with Crippen molar-refractivity contribution in [2.75, 3.05) is 5.32 Å². The molecule has 1 aliphatic rings. The fourth-order valence-corrected chi connectivity index (χ4v) is 6.17. The molecule has 0 aromatic heterocycles. The minimum absolute atomic E-state index is 0.435. The summed E-state index contributed by atoms with van der Waals surface area (Å²) in [6, 6.07) is 56.7. The number of hydrogen-bond donors (Lipinski definition) is 1. The smallest absolute Gasteiger partial charge is 0.0733 e. The Hall–Kier alpha value is -4.88. The van der Waals surface area contributed by atoms with Gasteiger partial charge in [0.15, 0.2) is 0 Å². The molecular weight excluding hydrogens is 458 g/mol. The number of hydrogen-bond acceptors (Lipinski definition) is 1. The zero-order chi connectivity index (χ0) is 25.4. The minimum atomic E-state index is -0.435. The molecule has 6 aromatic rings. The first-order valence-electron chi connectivity index (χ1n) is 13.1. The van der Waals surface area contributed by atoms with Crippen molar-refractivity contribution >= 4 is 11.4 Å². The number of benzene rings is 6. The first-order valence-corrected chi connectivity index (χ1v) is 13.1. The summed E-state index contributed by atoms with van der Waals surface area (Å²) in [6.45, 7) is 0. The van der Waals surface area contributed by atoms with Crippen LogP contribution in [0.4, 0.5) is 11.4 Å². The highest BCUT2D eigenvalue weighted by Crippen LogP contribution is 2.58. The summed E-state index contributed by atoms with van der Waals surface area (Å²) in [7, 11) is 0. The Bertz CT molecular complexity index is 1680. The SMILES string of the molecule is c1ccc(-c2cccc(Nc3cccc4c3C(c3ccccc3)(c3ccccc3)c3ccccc3-4)c2)cc1. The van der Waals surface area contributed by atoms with E-state index in [0.29, 0.717) is 0 Å². The van der Waals surface area contributed by atoms with E-state index in [-0.39, 0.29) is 0 Å². The lowest BCUT2D eigenvalue weighted by atomic mass is 9.67. The van der Waals surface area contributed by atoms with Crippen molar-refractivity contribution < 1.29 is 0 Å². The van der Waals surface area contributed by atoms with Crippen LogP contribution in [0.3, 0.4) is 0 Å². The van der Waals surface area contributed by atoms with Crippen LogP contribution in [0.1, 0.15) is 22.3 Å². The standard InChI is InChI=1S/C37H27N/c1-4-14-27(15-5-1)28-16-12-21-31(26-28)38-35-25-13-23-33-32-22-10-11-24-34(32)37(36(33)35,29-17-6-2-7-18-29)30-19-8-3-9-20-30/h1-26,38H. The molecule has 7 rings (SSSR count). The van der Waals surface area contributed by atoms with Crippen molar-refractivity contribution in [2.45, 2.75) is 5.41 Å². The van der Waals surface area contributed by atoms with Gasteiger partial charge in [0.25, 0.3) is 0 Å². The van der Waals surface area contributed by atoms with Crippen LogP contribution in [-0.4, -0.2) is 0 Å². The Morgan fingerprint density at radius 2 is 0.974 bits per heavy atom. The molecule has 0 bridgehead atoms. The zero-order valence-corrected chi connectivity index (χ0v) is 21.0. The lowest BCUT2D eigenvalue weighted by Gasteiger charge is -2.35. The van der Waals surface area contributed by atoms with Crippen molar-refractivity contribution in [1.82, 2.24) is 0 Å². The van der Waals surface area contributed by atoms with E-state index >= 15 is 0 Å². The van der Waals surface area contributed by atoms with Gasteiger partial charge in [-0.05, 0) is 57.1 Å². The molecule has 180 valence electrons. The quantitative estimate of drug-likeness (QED) is 0.256. The van der Waals surface area contributed by atoms with Crippen molar-refractivity contribution in [3.63, 3.8) is 0 Å². The Morgan fingerprint density at radius 3 is 1.68 bits per heavy atom. The molecule has 0 amide bonds. The molecule has 0 radical (unpaired) electrons. The van der Waals surface area contributed by atoms with E-state index in [1.54, 1.807) is 0 Å². The molecule has 0 aliphatic heterocycles. The second-order valence-electron chi connectivity index (χ2n) is 9.83. The van der Waals surface area contributed by atoms with E-state index in [4.69, 9.17) is 0 Å². The Kier molecular flexibility index (Phi) is 5.41. The van der Waals surface area contributed by atoms with Crippen LogP contribution in [0, 0.1) is 0 Å². The van der Waals surface area contributed by atoms with Crippen molar-refractivity contribution in [3.05, 3.63) is 180 Å². The van der Waals surface area contributed by atoms with E-state index in [0.717, 1.165) is 11.4 Å². The number of nitrogens with one attached hydrogen (secondary N) is 1. The fraction of sp³-hybridized carbons (Fsp3) is 0.0270. The molecule has 1 aliphatic carbocycles. The van der Waals surface area contributed by atoms with Gasteiger partial charge in [0.2, 0.25) is 0 Å². The molecular formula is C37H27N. The maximum Gasteiger partial charge on any atom is 0.0733 e. The molecule has 0 unspecified atom stereocenters. The minimum Gasteiger partial charge on any atom is -0.355 e. The highest BCUT2D eigenvalue weighted by molar-refractivity contribution is 5.91. The van der Waals surface area contributed by atoms with Crippen molar-refractivity contribution in [1.29, 1.82) is 0 Å². The van der Waals surface area contributed by atoms with Crippen molar-refractivity contribution in [2.24, 2.45) is 0 Å². The highest BCUT2D eigenvalue weighted by Gasteiger charge is 2.47. The van der Waals surface area contributed by atoms with Gasteiger partial charge in [0.05, 0.1) is 5.41 Å². The molecule has 1 N–H and O–H groups in total. The zero-order valence-electron chi connectivity index (χ0n) is 21.0. The molecule has 0 atom stereocenters. The molecule has 0 saturated carbocycles. The number of anilines is 2. The Morgan fingerprint density at radius 1 is 0.421 bits per heavy atom. The monoisotopic (exact) mass is 485 g/mol. The lowest BCUT2D eigenvalue weighted by Crippen LogP contribution is -2.29. The predicted octanol–water partition coefficient (Wildman–Crippen LogP) is 9.46. The van der Waals surface area contributed by atoms with Gasteiger partial charge in [0, 0.05) is 16.9 Å². The lowest BCUT2D eigenvalue weighted by molar-refractivity contribution is 0.770. The van der Waals surface area contributed by atoms with Crippen LogP contribution in [0.5, 0.6) is 0 Å². The summed E-state index contributed by atoms with van der Waals surface area (Å²) in [5.74, 6) is 0. The molecule has 0 saturated heterocycles. The first-order chi connectivity index (χ1) is 18.9. The normalized spacial score (nSPS) is 12.9. The third-order valence-corrected chi connectivity index (χ3v) is 7.72. The van der Waals surface area contributed by atoms with Crippen LogP contribution in [0.25, 0.3) is 22.3 Å². The van der Waals surface area contributed by atoms with Crippen LogP contribution in [0.15, 0.2) is 158 Å². The molecule has 1 nitrogen and oxygen atoms in total. The summed E-state index contributed by atoms with van der Waals surface area (Å²) in [5, 5.41) is 3.84. The van der Waals surface area contributed by atoms with Crippen molar-refractivity contribution in [3.8, 4) is 22.3 Å². The summed E-state index contributed by atoms with van der Waals surface area (Å²) in [6.07, 6.45) is 0. The molecule has 6 aromatic carbocycles. The predicted molar refractivity (Wildman–Crippen MR) is 159 cm³/mol. The maximum atomic E-state index is 3.84. The highest BCUT2D eigenvalue weighted by atomic mass is 14.9. The first kappa shape index (κ1) is 22.3. The van der Waals surface area contributed by atoms with Gasteiger partial charge < -0.3 is 5.32 Å². The fourth-order valence-electron chi connectivity index (χ4n) is 6.17. The van der Waals surface area contributed by atoms with Gasteiger partial charge in [-0.25, -0.2) is 0 Å². The van der Waals surface area contributed by atoms with E-state index < -0.39 is 5.41 Å². The van der Waals surface area contributed by atoms with Crippen LogP contribution in [0.2, 0.25) is 0 Å². The second kappa shape index (κ2) is 9.21. The van der Waals surface area contributed by atoms with Gasteiger partial charge in [-0.15, -0.1) is 0 Å². The van der Waals surface area contributed by atoms with Crippen LogP contribution >= 0.6 is 0 Å². The van der Waals surface area contributed by atoms with E-state index in [1.807, 2.05) is 0 Å². The summed E-state index contributed by atoms with van der Waals surface area (Å²) in [5.41, 5.74) is 11.9. The van der Waals surface area contributed by atoms with Crippen LogP contribution in [-0.2, 0) is 5.41 Å². The summed E-state index contributed by atoms with van der Waals surface area (Å²) >= 11 is 0. The molecule has 0 spiro atoms. The third-order valence-electron chi connectivity index (χ3n) is 7.72. The number of fused-ring (bicyclic) bond motifs is 3. The molecule has 0 heterocycles. The van der Waals surface area contributed by atoms with Gasteiger partial charge in [-0.1, -0.05) is 140 Å². The van der Waals surface area contributed by atoms with Gasteiger partial charge >= 0.3 is 0 Å². The summed E-state index contributed by atoms with van der Waals surface area (Å²) in [4.78, 5) is 0. The summed E-state index contributed by atoms with van der Waals surface area (Å²) < 4.78 is 0. The molecule has 38 heavy (non-hydrogen) atoms. The molecule has 1 heteroatoms. The topological polar surface area (TPSA) is 12.0 Å². The Labute approximate surface area is 224 Å². The second-order valence-corrected chi connectivity index (χ2v) is 9.83. The number of rotatable bonds is 5. The maximum absolute atomic E-state index is 3.84. The largest absolute Gasteiger partial charge is 0.355 e. The van der Waals surface area contributed by atoms with Gasteiger partial charge in [-0.2, -0.15) is 0 Å².